The number of nitrogens with one attached hydrogen (secondary N) is 1. The number of nitrogens with zero attached hydrogens (tertiary/aromatic N) is 1. The van der Waals surface area contributed by atoms with Gasteiger partial charge in [-0.15, -0.1) is 11.3 Å². The molecule has 128 valence electrons. The molecule has 2 aromatic carbocycles. The van der Waals surface area contributed by atoms with Crippen molar-refractivity contribution in [1.29, 1.82) is 0 Å². The molecule has 0 saturated heterocycles. The Balaban J connectivity index is 1.82. The molecule has 0 aliphatic rings. The maximum atomic E-state index is 12.6. The molecule has 0 bridgehead atoms. The van der Waals surface area contributed by atoms with Crippen LogP contribution in [0.2, 0.25) is 0 Å². The molecule has 3 N–H and O–H groups in total. The van der Waals surface area contributed by atoms with Gasteiger partial charge in [0.25, 0.3) is 5.91 Å². The van der Waals surface area contributed by atoms with E-state index in [-0.39, 0.29) is 5.91 Å². The molecule has 0 radical (unpaired) electrons. The SMILES string of the molecule is COc1cccc(C(=O)Nc2nc(-c3ccc(N)cc3)cs2)c1OC. The number of hydrogen-bond donors (Lipinski definition) is 2. The summed E-state index contributed by atoms with van der Waals surface area (Å²) in [6.45, 7) is 0. The third-order valence-electron chi connectivity index (χ3n) is 3.58. The summed E-state index contributed by atoms with van der Waals surface area (Å²) in [5.74, 6) is 0.573. The van der Waals surface area contributed by atoms with Crippen LogP contribution in [0.5, 0.6) is 11.5 Å². The van der Waals surface area contributed by atoms with Gasteiger partial charge in [0.15, 0.2) is 16.6 Å². The van der Waals surface area contributed by atoms with Crippen molar-refractivity contribution in [2.45, 2.75) is 0 Å². The third kappa shape index (κ3) is 3.56. The van der Waals surface area contributed by atoms with Gasteiger partial charge < -0.3 is 15.2 Å². The van der Waals surface area contributed by atoms with Crippen LogP contribution in [0.4, 0.5) is 10.8 Å². The highest BCUT2D eigenvalue weighted by atomic mass is 32.1. The molecule has 0 aliphatic carbocycles. The normalized spacial score (nSPS) is 10.3. The minimum Gasteiger partial charge on any atom is -0.493 e. The molecule has 0 spiro atoms. The van der Waals surface area contributed by atoms with E-state index in [0.29, 0.717) is 27.9 Å². The van der Waals surface area contributed by atoms with Crippen molar-refractivity contribution in [1.82, 2.24) is 4.98 Å². The van der Waals surface area contributed by atoms with Gasteiger partial charge in [0, 0.05) is 16.6 Å². The number of benzene rings is 2. The van der Waals surface area contributed by atoms with Crippen molar-refractivity contribution in [3.05, 3.63) is 53.4 Å². The molecule has 25 heavy (non-hydrogen) atoms. The van der Waals surface area contributed by atoms with Crippen molar-refractivity contribution >= 4 is 28.1 Å². The lowest BCUT2D eigenvalue weighted by atomic mass is 10.1. The van der Waals surface area contributed by atoms with E-state index in [4.69, 9.17) is 15.2 Å². The van der Waals surface area contributed by atoms with E-state index in [9.17, 15) is 4.79 Å². The molecule has 0 fully saturated rings. The predicted octanol–water partition coefficient (Wildman–Crippen LogP) is 3.66. The second kappa shape index (κ2) is 7.23. The minimum absolute atomic E-state index is 0.311. The summed E-state index contributed by atoms with van der Waals surface area (Å²) in [6.07, 6.45) is 0. The van der Waals surface area contributed by atoms with Gasteiger partial charge in [-0.1, -0.05) is 18.2 Å². The Bertz CT molecular complexity index is 891. The number of carbonyl (C=O) groups excluding carboxylic acids is 1. The van der Waals surface area contributed by atoms with Gasteiger partial charge in [0.1, 0.15) is 0 Å². The van der Waals surface area contributed by atoms with E-state index in [1.165, 1.54) is 25.6 Å². The quantitative estimate of drug-likeness (QED) is 0.682. The number of para-hydroxylation sites is 1. The predicted molar refractivity (Wildman–Crippen MR) is 99.5 cm³/mol. The number of rotatable bonds is 5. The topological polar surface area (TPSA) is 86.5 Å². The number of anilines is 2. The average molecular weight is 355 g/mol. The smallest absolute Gasteiger partial charge is 0.261 e. The molecule has 7 heteroatoms. The zero-order chi connectivity index (χ0) is 17.8. The summed E-state index contributed by atoms with van der Waals surface area (Å²) in [6, 6.07) is 12.5. The first-order valence-electron chi connectivity index (χ1n) is 7.46. The van der Waals surface area contributed by atoms with Gasteiger partial charge in [0.2, 0.25) is 0 Å². The zero-order valence-corrected chi connectivity index (χ0v) is 14.6. The van der Waals surface area contributed by atoms with Gasteiger partial charge in [0.05, 0.1) is 25.5 Å². The van der Waals surface area contributed by atoms with Crippen molar-refractivity contribution in [2.75, 3.05) is 25.3 Å². The molecule has 1 aromatic heterocycles. The molecular formula is C18H17N3O3S. The highest BCUT2D eigenvalue weighted by Gasteiger charge is 2.17. The Labute approximate surface area is 149 Å². The summed E-state index contributed by atoms with van der Waals surface area (Å²) in [5.41, 5.74) is 8.48. The van der Waals surface area contributed by atoms with Crippen LogP contribution in [-0.2, 0) is 0 Å². The van der Waals surface area contributed by atoms with Crippen LogP contribution in [0.3, 0.4) is 0 Å². The number of amides is 1. The number of aromatic nitrogens is 1. The zero-order valence-electron chi connectivity index (χ0n) is 13.8. The maximum absolute atomic E-state index is 12.6. The third-order valence-corrected chi connectivity index (χ3v) is 4.34. The number of carbonyl (C=O) groups is 1. The van der Waals surface area contributed by atoms with Gasteiger partial charge >= 0.3 is 0 Å². The van der Waals surface area contributed by atoms with Crippen LogP contribution >= 0.6 is 11.3 Å². The lowest BCUT2D eigenvalue weighted by Crippen LogP contribution is -2.13. The van der Waals surface area contributed by atoms with E-state index >= 15 is 0 Å². The molecule has 0 saturated carbocycles. The fraction of sp³-hybridized carbons (Fsp3) is 0.111. The van der Waals surface area contributed by atoms with Crippen LogP contribution in [0.15, 0.2) is 47.8 Å². The molecule has 1 heterocycles. The molecule has 6 nitrogen and oxygen atoms in total. The number of hydrogen-bond acceptors (Lipinski definition) is 6. The molecule has 3 aromatic rings. The van der Waals surface area contributed by atoms with E-state index in [0.717, 1.165) is 11.3 Å². The molecule has 0 aliphatic heterocycles. The summed E-state index contributed by atoms with van der Waals surface area (Å²) in [5, 5.41) is 5.17. The Morgan fingerprint density at radius 1 is 1.12 bits per heavy atom. The average Bonchev–Trinajstić information content (AvgIpc) is 3.09. The van der Waals surface area contributed by atoms with Crippen molar-refractivity contribution in [3.8, 4) is 22.8 Å². The van der Waals surface area contributed by atoms with Gasteiger partial charge in [-0.2, -0.15) is 0 Å². The second-order valence-corrected chi connectivity index (χ2v) is 6.01. The van der Waals surface area contributed by atoms with Gasteiger partial charge in [-0.3, -0.25) is 10.1 Å². The lowest BCUT2D eigenvalue weighted by Gasteiger charge is -2.11. The van der Waals surface area contributed by atoms with Crippen molar-refractivity contribution in [2.24, 2.45) is 0 Å². The Hall–Kier alpha value is -3.06. The summed E-state index contributed by atoms with van der Waals surface area (Å²) < 4.78 is 10.5. The number of ether oxygens (including phenoxy) is 2. The van der Waals surface area contributed by atoms with Crippen LogP contribution < -0.4 is 20.5 Å². The fourth-order valence-electron chi connectivity index (χ4n) is 2.35. The summed E-state index contributed by atoms with van der Waals surface area (Å²) in [7, 11) is 3.02. The van der Waals surface area contributed by atoms with E-state index in [1.807, 2.05) is 29.6 Å². The van der Waals surface area contributed by atoms with E-state index in [2.05, 4.69) is 10.3 Å². The van der Waals surface area contributed by atoms with Gasteiger partial charge in [-0.05, 0) is 24.3 Å². The minimum atomic E-state index is -0.311. The Morgan fingerprint density at radius 2 is 1.88 bits per heavy atom. The number of nitrogens with two attached hydrogens (primary N) is 1. The molecule has 3 rings (SSSR count). The first-order chi connectivity index (χ1) is 12.1. The number of thiazole rings is 1. The number of nitrogen functional groups attached to an aromatic ring is 1. The van der Waals surface area contributed by atoms with Crippen LogP contribution in [-0.4, -0.2) is 25.1 Å². The summed E-state index contributed by atoms with van der Waals surface area (Å²) >= 11 is 1.35. The molecule has 0 unspecified atom stereocenters. The monoisotopic (exact) mass is 355 g/mol. The van der Waals surface area contributed by atoms with Crippen LogP contribution in [0.1, 0.15) is 10.4 Å². The Kier molecular flexibility index (Phi) is 4.85. The van der Waals surface area contributed by atoms with Crippen LogP contribution in [0, 0.1) is 0 Å². The largest absolute Gasteiger partial charge is 0.493 e. The van der Waals surface area contributed by atoms with E-state index in [1.54, 1.807) is 18.2 Å². The van der Waals surface area contributed by atoms with E-state index < -0.39 is 0 Å². The Morgan fingerprint density at radius 3 is 2.56 bits per heavy atom. The highest BCUT2D eigenvalue weighted by Crippen LogP contribution is 2.32. The second-order valence-electron chi connectivity index (χ2n) is 5.16. The standard InChI is InChI=1S/C18H17N3O3S/c1-23-15-5-3-4-13(16(15)24-2)17(22)21-18-20-14(10-25-18)11-6-8-12(19)9-7-11/h3-10H,19H2,1-2H3,(H,20,21,22). The number of methoxy groups -OCH3 is 2. The molecule has 1 amide bonds. The molecular weight excluding hydrogens is 338 g/mol. The van der Waals surface area contributed by atoms with Crippen LogP contribution in [0.25, 0.3) is 11.3 Å². The van der Waals surface area contributed by atoms with Gasteiger partial charge in [-0.25, -0.2) is 4.98 Å². The first kappa shape index (κ1) is 16.8. The highest BCUT2D eigenvalue weighted by molar-refractivity contribution is 7.14. The van der Waals surface area contributed by atoms with Crippen molar-refractivity contribution < 1.29 is 14.3 Å². The first-order valence-corrected chi connectivity index (χ1v) is 8.34. The summed E-state index contributed by atoms with van der Waals surface area (Å²) in [4.78, 5) is 17.0. The fourth-order valence-corrected chi connectivity index (χ4v) is 3.06. The maximum Gasteiger partial charge on any atom is 0.261 e. The lowest BCUT2D eigenvalue weighted by molar-refractivity contribution is 0.102. The van der Waals surface area contributed by atoms with Crippen molar-refractivity contribution in [3.63, 3.8) is 0 Å². The molecule has 0 atom stereocenters.